The standard InChI is InChI=1S/C22H24Cl3N5O/c1-31-17-10-9-16(14-7-3-4-8-15(14)17)18-28-19(22(23,24)25)30-20(29-18)27-13-21(26)11-5-2-6-12-21/h3-4,7-10H,2,5-6,11-13,26H2,1H3,(H,27,28,29,30). The number of benzene rings is 2. The summed E-state index contributed by atoms with van der Waals surface area (Å²) in [6, 6.07) is 11.6. The lowest BCUT2D eigenvalue weighted by Crippen LogP contribution is -2.47. The van der Waals surface area contributed by atoms with Gasteiger partial charge < -0.3 is 15.8 Å². The van der Waals surface area contributed by atoms with Gasteiger partial charge in [-0.05, 0) is 30.4 Å². The smallest absolute Gasteiger partial charge is 0.250 e. The molecule has 0 radical (unpaired) electrons. The van der Waals surface area contributed by atoms with Crippen molar-refractivity contribution < 1.29 is 4.74 Å². The Morgan fingerprint density at radius 1 is 1.00 bits per heavy atom. The highest BCUT2D eigenvalue weighted by Gasteiger charge is 2.30. The number of hydrogen-bond donors (Lipinski definition) is 2. The lowest BCUT2D eigenvalue weighted by Gasteiger charge is -2.33. The van der Waals surface area contributed by atoms with Gasteiger partial charge in [0.15, 0.2) is 11.6 Å². The van der Waals surface area contributed by atoms with E-state index in [0.29, 0.717) is 18.3 Å². The summed E-state index contributed by atoms with van der Waals surface area (Å²) in [5.74, 6) is 1.56. The second kappa shape index (κ2) is 8.94. The fraction of sp³-hybridized carbons (Fsp3) is 0.409. The molecular formula is C22H24Cl3N5O. The largest absolute Gasteiger partial charge is 0.496 e. The minimum atomic E-state index is -1.79. The minimum absolute atomic E-state index is 0.0552. The molecule has 0 amide bonds. The Hall–Kier alpha value is -1.86. The summed E-state index contributed by atoms with van der Waals surface area (Å²) in [7, 11) is 1.64. The molecule has 0 atom stereocenters. The van der Waals surface area contributed by atoms with Crippen molar-refractivity contribution in [2.45, 2.75) is 41.4 Å². The molecule has 9 heteroatoms. The van der Waals surface area contributed by atoms with Crippen LogP contribution in [0.1, 0.15) is 37.9 Å². The SMILES string of the molecule is COc1ccc(-c2nc(NCC3(N)CCCCC3)nc(C(Cl)(Cl)Cl)n2)c2ccccc12. The van der Waals surface area contributed by atoms with Crippen molar-refractivity contribution in [3.8, 4) is 17.1 Å². The van der Waals surface area contributed by atoms with Gasteiger partial charge in [-0.25, -0.2) is 4.98 Å². The van der Waals surface area contributed by atoms with Gasteiger partial charge in [-0.15, -0.1) is 0 Å². The number of alkyl halides is 3. The van der Waals surface area contributed by atoms with Crippen LogP contribution >= 0.6 is 34.8 Å². The van der Waals surface area contributed by atoms with Crippen LogP contribution in [0.15, 0.2) is 36.4 Å². The van der Waals surface area contributed by atoms with Crippen molar-refractivity contribution in [3.63, 3.8) is 0 Å². The molecule has 1 aliphatic rings. The Morgan fingerprint density at radius 3 is 2.39 bits per heavy atom. The van der Waals surface area contributed by atoms with E-state index in [9.17, 15) is 0 Å². The lowest BCUT2D eigenvalue weighted by molar-refractivity contribution is 0.310. The predicted molar refractivity (Wildman–Crippen MR) is 127 cm³/mol. The molecule has 1 saturated carbocycles. The maximum absolute atomic E-state index is 6.56. The average Bonchev–Trinajstić information content (AvgIpc) is 2.77. The van der Waals surface area contributed by atoms with E-state index in [4.69, 9.17) is 45.3 Å². The van der Waals surface area contributed by atoms with E-state index < -0.39 is 3.79 Å². The van der Waals surface area contributed by atoms with Crippen molar-refractivity contribution in [1.29, 1.82) is 0 Å². The first-order valence-corrected chi connectivity index (χ1v) is 11.3. The number of anilines is 1. The predicted octanol–water partition coefficient (Wildman–Crippen LogP) is 5.60. The second-order valence-corrected chi connectivity index (χ2v) is 10.2. The maximum Gasteiger partial charge on any atom is 0.250 e. The first-order valence-electron chi connectivity index (χ1n) is 10.2. The van der Waals surface area contributed by atoms with E-state index in [1.807, 2.05) is 36.4 Å². The minimum Gasteiger partial charge on any atom is -0.496 e. The van der Waals surface area contributed by atoms with Crippen molar-refractivity contribution in [2.75, 3.05) is 19.0 Å². The van der Waals surface area contributed by atoms with E-state index in [-0.39, 0.29) is 11.4 Å². The lowest BCUT2D eigenvalue weighted by atomic mass is 9.82. The number of nitrogens with zero attached hydrogens (tertiary/aromatic N) is 3. The van der Waals surface area contributed by atoms with Crippen molar-refractivity contribution in [3.05, 3.63) is 42.2 Å². The Bertz CT molecular complexity index is 1080. The van der Waals surface area contributed by atoms with Crippen LogP contribution < -0.4 is 15.8 Å². The molecule has 0 spiro atoms. The first kappa shape index (κ1) is 22.3. The number of rotatable bonds is 5. The van der Waals surface area contributed by atoms with E-state index in [2.05, 4.69) is 20.3 Å². The zero-order valence-electron chi connectivity index (χ0n) is 17.2. The quantitative estimate of drug-likeness (QED) is 0.462. The second-order valence-electron chi connectivity index (χ2n) is 7.94. The fourth-order valence-corrected chi connectivity index (χ4v) is 4.29. The number of halogens is 3. The van der Waals surface area contributed by atoms with Crippen LogP contribution in [0.3, 0.4) is 0 Å². The third kappa shape index (κ3) is 4.98. The number of methoxy groups -OCH3 is 1. The molecule has 31 heavy (non-hydrogen) atoms. The Kier molecular flexibility index (Phi) is 6.44. The van der Waals surface area contributed by atoms with Gasteiger partial charge in [0, 0.05) is 23.0 Å². The van der Waals surface area contributed by atoms with Crippen molar-refractivity contribution >= 4 is 51.5 Å². The molecule has 6 nitrogen and oxygen atoms in total. The number of hydrogen-bond acceptors (Lipinski definition) is 6. The number of nitrogens with one attached hydrogen (secondary N) is 1. The van der Waals surface area contributed by atoms with Gasteiger partial charge >= 0.3 is 0 Å². The molecule has 1 aliphatic carbocycles. The van der Waals surface area contributed by atoms with Gasteiger partial charge in [0.2, 0.25) is 9.74 Å². The van der Waals surface area contributed by atoms with Crippen molar-refractivity contribution in [2.24, 2.45) is 5.73 Å². The first-order chi connectivity index (χ1) is 14.8. The van der Waals surface area contributed by atoms with Gasteiger partial charge in [0.25, 0.3) is 0 Å². The van der Waals surface area contributed by atoms with Crippen LogP contribution in [0.2, 0.25) is 0 Å². The van der Waals surface area contributed by atoms with Gasteiger partial charge in [-0.1, -0.05) is 78.3 Å². The number of fused-ring (bicyclic) bond motifs is 1. The van der Waals surface area contributed by atoms with E-state index in [1.165, 1.54) is 6.42 Å². The fourth-order valence-electron chi connectivity index (χ4n) is 4.03. The van der Waals surface area contributed by atoms with Crippen LogP contribution in [0.5, 0.6) is 5.75 Å². The van der Waals surface area contributed by atoms with Crippen LogP contribution in [0, 0.1) is 0 Å². The zero-order valence-corrected chi connectivity index (χ0v) is 19.4. The summed E-state index contributed by atoms with van der Waals surface area (Å²) >= 11 is 18.4. The van der Waals surface area contributed by atoms with Crippen molar-refractivity contribution in [1.82, 2.24) is 15.0 Å². The number of ether oxygens (including phenoxy) is 1. The Balaban J connectivity index is 1.76. The van der Waals surface area contributed by atoms with E-state index >= 15 is 0 Å². The summed E-state index contributed by atoms with van der Waals surface area (Å²) in [4.78, 5) is 13.4. The van der Waals surface area contributed by atoms with Crippen LogP contribution in [-0.2, 0) is 3.79 Å². The van der Waals surface area contributed by atoms with E-state index in [0.717, 1.165) is 47.8 Å². The molecule has 1 heterocycles. The molecule has 0 bridgehead atoms. The molecule has 0 unspecified atom stereocenters. The monoisotopic (exact) mass is 479 g/mol. The Labute approximate surface area is 196 Å². The van der Waals surface area contributed by atoms with Crippen LogP contribution in [-0.4, -0.2) is 34.1 Å². The summed E-state index contributed by atoms with van der Waals surface area (Å²) in [6.45, 7) is 0.541. The van der Waals surface area contributed by atoms with Crippen LogP contribution in [0.25, 0.3) is 22.2 Å². The summed E-state index contributed by atoms with van der Waals surface area (Å²) in [5, 5.41) is 5.13. The molecule has 4 rings (SSSR count). The van der Waals surface area contributed by atoms with Crippen LogP contribution in [0.4, 0.5) is 5.95 Å². The highest BCUT2D eigenvalue weighted by atomic mass is 35.6. The zero-order chi connectivity index (χ0) is 22.1. The number of nitrogens with two attached hydrogens (primary N) is 1. The molecular weight excluding hydrogens is 457 g/mol. The summed E-state index contributed by atoms with van der Waals surface area (Å²) < 4.78 is 3.70. The van der Waals surface area contributed by atoms with Gasteiger partial charge in [-0.3, -0.25) is 0 Å². The van der Waals surface area contributed by atoms with Gasteiger partial charge in [0.05, 0.1) is 7.11 Å². The summed E-state index contributed by atoms with van der Waals surface area (Å²) in [5.41, 5.74) is 7.06. The van der Waals surface area contributed by atoms with Gasteiger partial charge in [-0.2, -0.15) is 9.97 Å². The molecule has 0 saturated heterocycles. The maximum atomic E-state index is 6.56. The van der Waals surface area contributed by atoms with Gasteiger partial charge in [0.1, 0.15) is 5.75 Å². The molecule has 1 aromatic heterocycles. The highest BCUT2D eigenvalue weighted by Crippen LogP contribution is 2.38. The Morgan fingerprint density at radius 2 is 1.71 bits per heavy atom. The highest BCUT2D eigenvalue weighted by molar-refractivity contribution is 6.66. The molecule has 164 valence electrons. The molecule has 1 fully saturated rings. The normalized spacial score (nSPS) is 16.3. The topological polar surface area (TPSA) is 86.0 Å². The average molecular weight is 481 g/mol. The molecule has 0 aliphatic heterocycles. The third-order valence-electron chi connectivity index (χ3n) is 5.68. The number of aromatic nitrogens is 3. The third-order valence-corrected chi connectivity index (χ3v) is 6.19. The molecule has 2 aromatic carbocycles. The molecule has 3 N–H and O–H groups in total. The molecule has 3 aromatic rings. The summed E-state index contributed by atoms with van der Waals surface area (Å²) in [6.07, 6.45) is 5.38. The van der Waals surface area contributed by atoms with E-state index in [1.54, 1.807) is 7.11 Å².